The molecule has 1 aromatic heterocycles. The Morgan fingerprint density at radius 1 is 1.28 bits per heavy atom. The van der Waals surface area contributed by atoms with Gasteiger partial charge < -0.3 is 20.1 Å². The van der Waals surface area contributed by atoms with Gasteiger partial charge >= 0.3 is 0 Å². The molecule has 0 aliphatic heterocycles. The third-order valence-corrected chi connectivity index (χ3v) is 2.36. The summed E-state index contributed by atoms with van der Waals surface area (Å²) in [6.07, 6.45) is 0. The van der Waals surface area contributed by atoms with Crippen LogP contribution >= 0.6 is 0 Å². The monoisotopic (exact) mass is 249 g/mol. The largest absolute Gasteiger partial charge is 0.504 e. The average molecular weight is 249 g/mol. The van der Waals surface area contributed by atoms with Crippen LogP contribution in [0.5, 0.6) is 11.5 Å². The minimum Gasteiger partial charge on any atom is -0.504 e. The predicted octanol–water partition coefficient (Wildman–Crippen LogP) is 1.65. The fourth-order valence-electron chi connectivity index (χ4n) is 1.40. The zero-order valence-corrected chi connectivity index (χ0v) is 10.2. The zero-order chi connectivity index (χ0) is 13.1. The van der Waals surface area contributed by atoms with E-state index in [9.17, 15) is 10.2 Å². The van der Waals surface area contributed by atoms with Crippen molar-refractivity contribution >= 4 is 0 Å². The highest BCUT2D eigenvalue weighted by molar-refractivity contribution is 5.59. The van der Waals surface area contributed by atoms with Gasteiger partial charge in [0.2, 0.25) is 11.7 Å². The van der Waals surface area contributed by atoms with Crippen molar-refractivity contribution in [2.75, 3.05) is 0 Å². The predicted molar refractivity (Wildman–Crippen MR) is 65.0 cm³/mol. The summed E-state index contributed by atoms with van der Waals surface area (Å²) in [7, 11) is 0. The number of nitrogens with one attached hydrogen (secondary N) is 1. The van der Waals surface area contributed by atoms with Crippen molar-refractivity contribution in [1.82, 2.24) is 15.5 Å². The Balaban J connectivity index is 2.16. The number of hydrogen-bond donors (Lipinski definition) is 3. The van der Waals surface area contributed by atoms with Gasteiger partial charge in [-0.3, -0.25) is 0 Å². The SMILES string of the molecule is CC(C)NCc1nc(-c2ccc(O)c(O)c2)no1. The third kappa shape index (κ3) is 2.78. The van der Waals surface area contributed by atoms with Gasteiger partial charge in [-0.25, -0.2) is 0 Å². The molecule has 0 unspecified atom stereocenters. The molecular weight excluding hydrogens is 234 g/mol. The van der Waals surface area contributed by atoms with Gasteiger partial charge in [-0.1, -0.05) is 19.0 Å². The van der Waals surface area contributed by atoms with Crippen LogP contribution in [0.15, 0.2) is 22.7 Å². The zero-order valence-electron chi connectivity index (χ0n) is 10.2. The van der Waals surface area contributed by atoms with E-state index in [0.29, 0.717) is 29.9 Å². The van der Waals surface area contributed by atoms with Crippen molar-refractivity contribution in [3.63, 3.8) is 0 Å². The van der Waals surface area contributed by atoms with E-state index in [1.165, 1.54) is 12.1 Å². The van der Waals surface area contributed by atoms with Crippen molar-refractivity contribution in [1.29, 1.82) is 0 Å². The van der Waals surface area contributed by atoms with Gasteiger partial charge in [0.05, 0.1) is 6.54 Å². The second kappa shape index (κ2) is 5.05. The van der Waals surface area contributed by atoms with Crippen LogP contribution < -0.4 is 5.32 Å². The Kier molecular flexibility index (Phi) is 3.47. The molecule has 0 bridgehead atoms. The number of hydrogen-bond acceptors (Lipinski definition) is 6. The Morgan fingerprint density at radius 2 is 2.06 bits per heavy atom. The molecule has 0 aliphatic carbocycles. The molecule has 0 saturated carbocycles. The smallest absolute Gasteiger partial charge is 0.240 e. The normalized spacial score (nSPS) is 11.1. The van der Waals surface area contributed by atoms with E-state index in [1.807, 2.05) is 13.8 Å². The lowest BCUT2D eigenvalue weighted by Gasteiger charge is -2.03. The minimum absolute atomic E-state index is 0.177. The van der Waals surface area contributed by atoms with Crippen molar-refractivity contribution in [2.24, 2.45) is 0 Å². The molecule has 0 radical (unpaired) electrons. The Bertz CT molecular complexity index is 537. The molecule has 3 N–H and O–H groups in total. The van der Waals surface area contributed by atoms with Crippen LogP contribution in [-0.4, -0.2) is 26.4 Å². The number of phenolic OH excluding ortho intramolecular Hbond substituents is 2. The van der Waals surface area contributed by atoms with E-state index in [-0.39, 0.29) is 11.5 Å². The van der Waals surface area contributed by atoms with Gasteiger partial charge in [0, 0.05) is 11.6 Å². The Hall–Kier alpha value is -2.08. The number of benzene rings is 1. The fourth-order valence-corrected chi connectivity index (χ4v) is 1.40. The fraction of sp³-hybridized carbons (Fsp3) is 0.333. The van der Waals surface area contributed by atoms with Gasteiger partial charge in [0.1, 0.15) is 0 Å². The highest BCUT2D eigenvalue weighted by atomic mass is 16.5. The van der Waals surface area contributed by atoms with Crippen LogP contribution in [-0.2, 0) is 6.54 Å². The molecule has 2 aromatic rings. The van der Waals surface area contributed by atoms with Crippen molar-refractivity contribution in [3.8, 4) is 22.9 Å². The summed E-state index contributed by atoms with van der Waals surface area (Å²) in [5.74, 6) is 0.472. The van der Waals surface area contributed by atoms with Gasteiger partial charge in [0.15, 0.2) is 11.5 Å². The molecule has 0 aliphatic rings. The van der Waals surface area contributed by atoms with E-state index < -0.39 is 0 Å². The summed E-state index contributed by atoms with van der Waals surface area (Å²) in [6.45, 7) is 4.54. The topological polar surface area (TPSA) is 91.4 Å². The molecule has 18 heavy (non-hydrogen) atoms. The molecule has 0 spiro atoms. The maximum atomic E-state index is 9.40. The maximum Gasteiger partial charge on any atom is 0.240 e. The van der Waals surface area contributed by atoms with Crippen LogP contribution in [0.1, 0.15) is 19.7 Å². The highest BCUT2D eigenvalue weighted by Gasteiger charge is 2.10. The van der Waals surface area contributed by atoms with Crippen molar-refractivity contribution in [2.45, 2.75) is 26.4 Å². The molecule has 6 nitrogen and oxygen atoms in total. The Morgan fingerprint density at radius 3 is 2.72 bits per heavy atom. The Labute approximate surface area is 104 Å². The quantitative estimate of drug-likeness (QED) is 0.713. The average Bonchev–Trinajstić information content (AvgIpc) is 2.79. The lowest BCUT2D eigenvalue weighted by molar-refractivity contribution is 0.362. The van der Waals surface area contributed by atoms with E-state index in [4.69, 9.17) is 4.52 Å². The number of rotatable bonds is 4. The first-order chi connectivity index (χ1) is 8.56. The second-order valence-electron chi connectivity index (χ2n) is 4.25. The van der Waals surface area contributed by atoms with Crippen molar-refractivity contribution in [3.05, 3.63) is 24.1 Å². The first-order valence-electron chi connectivity index (χ1n) is 5.64. The standard InChI is InChI=1S/C12H15N3O3/c1-7(2)13-6-11-14-12(15-18-11)8-3-4-9(16)10(17)5-8/h3-5,7,13,16-17H,6H2,1-2H3. The summed E-state index contributed by atoms with van der Waals surface area (Å²) in [5.41, 5.74) is 0.588. The molecule has 1 aromatic carbocycles. The molecule has 96 valence electrons. The summed E-state index contributed by atoms with van der Waals surface area (Å²) in [6, 6.07) is 4.71. The van der Waals surface area contributed by atoms with Gasteiger partial charge in [0.25, 0.3) is 0 Å². The molecule has 0 fully saturated rings. The summed E-state index contributed by atoms with van der Waals surface area (Å²) >= 11 is 0. The van der Waals surface area contributed by atoms with E-state index in [1.54, 1.807) is 6.07 Å². The van der Waals surface area contributed by atoms with Gasteiger partial charge in [-0.2, -0.15) is 4.98 Å². The van der Waals surface area contributed by atoms with Crippen molar-refractivity contribution < 1.29 is 14.7 Å². The van der Waals surface area contributed by atoms with E-state index in [0.717, 1.165) is 0 Å². The van der Waals surface area contributed by atoms with Gasteiger partial charge in [-0.05, 0) is 18.2 Å². The highest BCUT2D eigenvalue weighted by Crippen LogP contribution is 2.29. The van der Waals surface area contributed by atoms with E-state index >= 15 is 0 Å². The molecule has 6 heteroatoms. The van der Waals surface area contributed by atoms with Crippen LogP contribution in [0, 0.1) is 0 Å². The second-order valence-corrected chi connectivity index (χ2v) is 4.25. The van der Waals surface area contributed by atoms with Crippen LogP contribution in [0.25, 0.3) is 11.4 Å². The molecule has 1 heterocycles. The summed E-state index contributed by atoms with van der Waals surface area (Å²) in [4.78, 5) is 4.19. The summed E-state index contributed by atoms with van der Waals surface area (Å²) in [5, 5.41) is 25.6. The first-order valence-corrected chi connectivity index (χ1v) is 5.64. The number of phenols is 2. The number of nitrogens with zero attached hydrogens (tertiary/aromatic N) is 2. The van der Waals surface area contributed by atoms with E-state index in [2.05, 4.69) is 15.5 Å². The molecule has 0 atom stereocenters. The lowest BCUT2D eigenvalue weighted by Crippen LogP contribution is -2.21. The molecule has 0 saturated heterocycles. The van der Waals surface area contributed by atoms with Crippen LogP contribution in [0.3, 0.4) is 0 Å². The number of aromatic hydroxyl groups is 2. The van der Waals surface area contributed by atoms with Crippen LogP contribution in [0.2, 0.25) is 0 Å². The van der Waals surface area contributed by atoms with Crippen LogP contribution in [0.4, 0.5) is 0 Å². The molecule has 0 amide bonds. The maximum absolute atomic E-state index is 9.40. The number of aromatic nitrogens is 2. The third-order valence-electron chi connectivity index (χ3n) is 2.36. The lowest BCUT2D eigenvalue weighted by atomic mass is 10.2. The molecular formula is C12H15N3O3. The summed E-state index contributed by atoms with van der Waals surface area (Å²) < 4.78 is 5.07. The minimum atomic E-state index is -0.209. The molecule has 2 rings (SSSR count). The first kappa shape index (κ1) is 12.4. The van der Waals surface area contributed by atoms with Gasteiger partial charge in [-0.15, -0.1) is 0 Å².